The molecule has 0 bridgehead atoms. The van der Waals surface area contributed by atoms with Crippen molar-refractivity contribution < 1.29 is 9.53 Å². The van der Waals surface area contributed by atoms with Crippen molar-refractivity contribution in [3.05, 3.63) is 59.7 Å². The first-order valence-corrected chi connectivity index (χ1v) is 11.8. The van der Waals surface area contributed by atoms with E-state index in [0.29, 0.717) is 28.4 Å². The predicted octanol–water partition coefficient (Wildman–Crippen LogP) is 4.46. The van der Waals surface area contributed by atoms with E-state index in [1.807, 2.05) is 41.9 Å². The van der Waals surface area contributed by atoms with E-state index >= 15 is 0 Å². The third-order valence-corrected chi connectivity index (χ3v) is 7.05. The second kappa shape index (κ2) is 9.66. The Morgan fingerprint density at radius 1 is 1.27 bits per heavy atom. The number of methoxy groups -OCH3 is 1. The standard InChI is InChI=1S/C27H32N4O2/c1-19(27(14-15-27)26(32)29-18-20-8-5-4-6-9-20)30-25-24(33-3)13-12-23(31(25)2)22-11-7-10-21(16-22)17-28/h7,10-13,16,20H,1,4-6,8-9,14-15,18H2,2-3H3,(H,29,32). The van der Waals surface area contributed by atoms with Crippen molar-refractivity contribution in [1.29, 1.82) is 5.26 Å². The fourth-order valence-electron chi connectivity index (χ4n) is 4.75. The lowest BCUT2D eigenvalue weighted by molar-refractivity contribution is -0.125. The highest BCUT2D eigenvalue weighted by Gasteiger charge is 2.52. The van der Waals surface area contributed by atoms with E-state index in [4.69, 9.17) is 9.73 Å². The minimum Gasteiger partial charge on any atom is -0.493 e. The molecular formula is C27H32N4O2. The number of hydrogen-bond donors (Lipinski definition) is 1. The van der Waals surface area contributed by atoms with Gasteiger partial charge in [0.15, 0.2) is 11.2 Å². The van der Waals surface area contributed by atoms with Gasteiger partial charge >= 0.3 is 0 Å². The lowest BCUT2D eigenvalue weighted by Gasteiger charge is -2.23. The van der Waals surface area contributed by atoms with Gasteiger partial charge in [0.1, 0.15) is 0 Å². The molecule has 33 heavy (non-hydrogen) atoms. The van der Waals surface area contributed by atoms with Crippen LogP contribution >= 0.6 is 0 Å². The van der Waals surface area contributed by atoms with Gasteiger partial charge in [-0.1, -0.05) is 38.0 Å². The quantitative estimate of drug-likeness (QED) is 0.685. The van der Waals surface area contributed by atoms with Crippen LogP contribution in [0.4, 0.5) is 0 Å². The number of benzene rings is 1. The molecule has 0 spiro atoms. The Balaban J connectivity index is 1.61. The Morgan fingerprint density at radius 3 is 2.70 bits per heavy atom. The molecule has 1 heterocycles. The summed E-state index contributed by atoms with van der Waals surface area (Å²) < 4.78 is 7.50. The maximum absolute atomic E-state index is 13.1. The second-order valence-corrected chi connectivity index (χ2v) is 9.22. The summed E-state index contributed by atoms with van der Waals surface area (Å²) in [5, 5.41) is 12.5. The van der Waals surface area contributed by atoms with Gasteiger partial charge in [0.05, 0.1) is 29.9 Å². The number of nitrogens with one attached hydrogen (secondary N) is 1. The van der Waals surface area contributed by atoms with Gasteiger partial charge in [0, 0.05) is 19.3 Å². The molecule has 0 radical (unpaired) electrons. The summed E-state index contributed by atoms with van der Waals surface area (Å²) in [5.74, 6) is 1.24. The smallest absolute Gasteiger partial charge is 0.232 e. The minimum atomic E-state index is -0.622. The zero-order chi connectivity index (χ0) is 23.4. The molecule has 0 aliphatic heterocycles. The average Bonchev–Trinajstić information content (AvgIpc) is 3.66. The fourth-order valence-corrected chi connectivity index (χ4v) is 4.75. The number of amides is 1. The first-order valence-electron chi connectivity index (χ1n) is 11.8. The third-order valence-electron chi connectivity index (χ3n) is 7.05. The molecule has 2 fully saturated rings. The summed E-state index contributed by atoms with van der Waals surface area (Å²) >= 11 is 0. The summed E-state index contributed by atoms with van der Waals surface area (Å²) in [7, 11) is 3.52. The molecule has 1 aromatic carbocycles. The van der Waals surface area contributed by atoms with Crippen LogP contribution in [0.2, 0.25) is 0 Å². The Hall–Kier alpha value is -3.33. The van der Waals surface area contributed by atoms with Gasteiger partial charge in [-0.25, -0.2) is 4.99 Å². The van der Waals surface area contributed by atoms with Crippen LogP contribution in [-0.4, -0.2) is 24.1 Å². The van der Waals surface area contributed by atoms with Crippen molar-refractivity contribution in [1.82, 2.24) is 9.88 Å². The van der Waals surface area contributed by atoms with Gasteiger partial charge in [-0.05, 0) is 61.4 Å². The largest absolute Gasteiger partial charge is 0.493 e. The molecule has 0 saturated heterocycles. The molecule has 2 aliphatic rings. The number of carbonyl (C=O) groups excluding carboxylic acids is 1. The van der Waals surface area contributed by atoms with E-state index in [1.54, 1.807) is 13.2 Å². The molecule has 6 heteroatoms. The van der Waals surface area contributed by atoms with Gasteiger partial charge in [0.25, 0.3) is 0 Å². The zero-order valence-corrected chi connectivity index (χ0v) is 19.6. The third kappa shape index (κ3) is 4.73. The fraction of sp³-hybridized carbons (Fsp3) is 0.444. The molecule has 0 unspecified atom stereocenters. The lowest BCUT2D eigenvalue weighted by atomic mass is 9.89. The zero-order valence-electron chi connectivity index (χ0n) is 19.6. The summed E-state index contributed by atoms with van der Waals surface area (Å²) in [6, 6.07) is 13.5. The van der Waals surface area contributed by atoms with E-state index < -0.39 is 5.41 Å². The second-order valence-electron chi connectivity index (χ2n) is 9.22. The molecule has 0 atom stereocenters. The number of carbonyl (C=O) groups is 1. The number of aromatic nitrogens is 1. The Kier molecular flexibility index (Phi) is 6.69. The van der Waals surface area contributed by atoms with Crippen LogP contribution in [-0.2, 0) is 11.8 Å². The maximum Gasteiger partial charge on any atom is 0.232 e. The highest BCUT2D eigenvalue weighted by Crippen LogP contribution is 2.52. The normalized spacial score (nSPS) is 17.8. The topological polar surface area (TPSA) is 79.4 Å². The predicted molar refractivity (Wildman–Crippen MR) is 128 cm³/mol. The minimum absolute atomic E-state index is 0.0429. The lowest BCUT2D eigenvalue weighted by Crippen LogP contribution is -2.37. The molecule has 2 aliphatic carbocycles. The summed E-state index contributed by atoms with van der Waals surface area (Å²) in [4.78, 5) is 17.9. The number of rotatable bonds is 7. The van der Waals surface area contributed by atoms with Gasteiger partial charge in [0.2, 0.25) is 5.91 Å². The number of pyridine rings is 1. The summed E-state index contributed by atoms with van der Waals surface area (Å²) in [6.45, 7) is 4.95. The van der Waals surface area contributed by atoms with E-state index in [-0.39, 0.29) is 5.91 Å². The SMILES string of the molecule is C=C(N=c1c(OC)ccc(-c2cccc(C#N)c2)n1C)C1(C(=O)NCC2CCCCC2)CC1. The first-order chi connectivity index (χ1) is 16.0. The van der Waals surface area contributed by atoms with Gasteiger partial charge < -0.3 is 14.6 Å². The van der Waals surface area contributed by atoms with Crippen LogP contribution < -0.4 is 15.5 Å². The molecule has 172 valence electrons. The highest BCUT2D eigenvalue weighted by atomic mass is 16.5. The Labute approximate surface area is 195 Å². The molecule has 2 aromatic rings. The molecule has 1 N–H and O–H groups in total. The van der Waals surface area contributed by atoms with E-state index in [2.05, 4.69) is 18.0 Å². The molecule has 1 amide bonds. The van der Waals surface area contributed by atoms with Crippen LogP contribution in [0.1, 0.15) is 50.5 Å². The molecule has 4 rings (SSSR count). The van der Waals surface area contributed by atoms with E-state index in [9.17, 15) is 10.1 Å². The van der Waals surface area contributed by atoms with Crippen molar-refractivity contribution in [3.8, 4) is 23.1 Å². The monoisotopic (exact) mass is 444 g/mol. The average molecular weight is 445 g/mol. The number of nitriles is 1. The summed E-state index contributed by atoms with van der Waals surface area (Å²) in [5.41, 5.74) is 2.95. The van der Waals surface area contributed by atoms with Gasteiger partial charge in [-0.2, -0.15) is 5.26 Å². The molecule has 1 aromatic heterocycles. The Morgan fingerprint density at radius 2 is 2.03 bits per heavy atom. The first kappa shape index (κ1) is 22.8. The van der Waals surface area contributed by atoms with Gasteiger partial charge in [-0.15, -0.1) is 0 Å². The van der Waals surface area contributed by atoms with Crippen molar-refractivity contribution in [2.45, 2.75) is 44.9 Å². The van der Waals surface area contributed by atoms with Crippen LogP contribution in [0, 0.1) is 22.7 Å². The number of hydrogen-bond acceptors (Lipinski definition) is 4. The highest BCUT2D eigenvalue weighted by molar-refractivity contribution is 5.88. The van der Waals surface area contributed by atoms with Crippen LogP contribution in [0.25, 0.3) is 11.3 Å². The maximum atomic E-state index is 13.1. The molecule has 2 saturated carbocycles. The van der Waals surface area contributed by atoms with Crippen molar-refractivity contribution >= 4 is 5.91 Å². The van der Waals surface area contributed by atoms with Gasteiger partial charge in [-0.3, -0.25) is 4.79 Å². The Bertz CT molecular complexity index is 1160. The molecule has 6 nitrogen and oxygen atoms in total. The van der Waals surface area contributed by atoms with Crippen molar-refractivity contribution in [2.75, 3.05) is 13.7 Å². The van der Waals surface area contributed by atoms with Crippen LogP contribution in [0.15, 0.2) is 53.7 Å². The van der Waals surface area contributed by atoms with Crippen molar-refractivity contribution in [2.24, 2.45) is 23.4 Å². The summed E-state index contributed by atoms with van der Waals surface area (Å²) in [6.07, 6.45) is 7.76. The number of ether oxygens (including phenoxy) is 1. The molecular weight excluding hydrogens is 412 g/mol. The number of nitrogens with zero attached hydrogens (tertiary/aromatic N) is 3. The van der Waals surface area contributed by atoms with Crippen LogP contribution in [0.3, 0.4) is 0 Å². The van der Waals surface area contributed by atoms with E-state index in [1.165, 1.54) is 32.1 Å². The van der Waals surface area contributed by atoms with Crippen molar-refractivity contribution in [3.63, 3.8) is 0 Å². The van der Waals surface area contributed by atoms with Crippen LogP contribution in [0.5, 0.6) is 5.75 Å². The van der Waals surface area contributed by atoms with E-state index in [0.717, 1.165) is 30.6 Å².